The number of pyridine rings is 1. The molecule has 1 atom stereocenters. The smallest absolute Gasteiger partial charge is 0.340 e. The highest BCUT2D eigenvalue weighted by Gasteiger charge is 2.21. The molecule has 1 N–H and O–H groups in total. The van der Waals surface area contributed by atoms with Gasteiger partial charge in [0.2, 0.25) is 0 Å². The molecule has 0 spiro atoms. The number of anilines is 1. The van der Waals surface area contributed by atoms with E-state index in [1.165, 1.54) is 6.20 Å². The lowest BCUT2D eigenvalue weighted by Gasteiger charge is -2.17. The second-order valence-electron chi connectivity index (χ2n) is 7.55. The number of rotatable bonds is 5. The zero-order chi connectivity index (χ0) is 22.0. The molecule has 7 heteroatoms. The Morgan fingerprint density at radius 3 is 2.23 bits per heavy atom. The highest BCUT2D eigenvalue weighted by atomic mass is 16.5. The van der Waals surface area contributed by atoms with Crippen LogP contribution >= 0.6 is 0 Å². The summed E-state index contributed by atoms with van der Waals surface area (Å²) in [5.41, 5.74) is 5.89. The molecular weight excluding hydrogens is 380 g/mol. The van der Waals surface area contributed by atoms with Gasteiger partial charge in [-0.2, -0.15) is 5.10 Å². The summed E-state index contributed by atoms with van der Waals surface area (Å²) in [4.78, 5) is 29.3. The quantitative estimate of drug-likeness (QED) is 0.648. The predicted molar refractivity (Wildman–Crippen MR) is 115 cm³/mol. The molecule has 0 saturated heterocycles. The van der Waals surface area contributed by atoms with E-state index in [0.717, 1.165) is 33.8 Å². The lowest BCUT2D eigenvalue weighted by molar-refractivity contribution is -0.123. The van der Waals surface area contributed by atoms with Gasteiger partial charge in [-0.15, -0.1) is 0 Å². The van der Waals surface area contributed by atoms with Gasteiger partial charge >= 0.3 is 5.97 Å². The van der Waals surface area contributed by atoms with Crippen molar-refractivity contribution in [1.82, 2.24) is 14.8 Å². The van der Waals surface area contributed by atoms with Crippen LogP contribution in [-0.4, -0.2) is 32.7 Å². The van der Waals surface area contributed by atoms with Crippen molar-refractivity contribution in [3.63, 3.8) is 0 Å². The van der Waals surface area contributed by atoms with Gasteiger partial charge in [-0.3, -0.25) is 4.79 Å². The van der Waals surface area contributed by atoms with Gasteiger partial charge in [-0.25, -0.2) is 14.5 Å². The first-order valence-corrected chi connectivity index (χ1v) is 9.75. The standard InChI is InChI=1S/C23H26N4O3/c1-13-9-14(2)21(15(3)10-13)25-22(28)18(6)30-23(29)19-7-8-20(24-12-19)27-17(5)11-16(4)26-27/h7-12,18H,1-6H3,(H,25,28). The van der Waals surface area contributed by atoms with Gasteiger partial charge in [0.25, 0.3) is 5.91 Å². The summed E-state index contributed by atoms with van der Waals surface area (Å²) in [6.07, 6.45) is 0.473. The number of amides is 1. The summed E-state index contributed by atoms with van der Waals surface area (Å²) >= 11 is 0. The zero-order valence-electron chi connectivity index (χ0n) is 18.1. The van der Waals surface area contributed by atoms with Crippen LogP contribution in [0, 0.1) is 34.6 Å². The highest BCUT2D eigenvalue weighted by Crippen LogP contribution is 2.22. The average molecular weight is 406 g/mol. The van der Waals surface area contributed by atoms with Gasteiger partial charge in [0.15, 0.2) is 11.9 Å². The molecule has 3 aromatic rings. The van der Waals surface area contributed by atoms with Crippen molar-refractivity contribution in [1.29, 1.82) is 0 Å². The number of ether oxygens (including phenoxy) is 1. The maximum atomic E-state index is 12.5. The fraction of sp³-hybridized carbons (Fsp3) is 0.304. The summed E-state index contributed by atoms with van der Waals surface area (Å²) in [5.74, 6) is -0.388. The van der Waals surface area contributed by atoms with Gasteiger partial charge < -0.3 is 10.1 Å². The molecule has 1 amide bonds. The Morgan fingerprint density at radius 1 is 1.03 bits per heavy atom. The molecule has 0 aliphatic heterocycles. The molecule has 0 bridgehead atoms. The van der Waals surface area contributed by atoms with Crippen molar-refractivity contribution in [3.05, 3.63) is 70.2 Å². The number of aromatic nitrogens is 3. The first kappa shape index (κ1) is 21.2. The molecule has 0 saturated carbocycles. The van der Waals surface area contributed by atoms with Gasteiger partial charge in [0.1, 0.15) is 0 Å². The minimum atomic E-state index is -0.951. The van der Waals surface area contributed by atoms with E-state index in [1.54, 1.807) is 23.7 Å². The van der Waals surface area contributed by atoms with E-state index in [2.05, 4.69) is 15.4 Å². The Hall–Kier alpha value is -3.48. The zero-order valence-corrected chi connectivity index (χ0v) is 18.1. The summed E-state index contributed by atoms with van der Waals surface area (Å²) in [6.45, 7) is 11.3. The molecule has 156 valence electrons. The lowest BCUT2D eigenvalue weighted by Crippen LogP contribution is -2.30. The lowest BCUT2D eigenvalue weighted by atomic mass is 10.0. The third-order valence-electron chi connectivity index (χ3n) is 4.79. The van der Waals surface area contributed by atoms with Crippen LogP contribution in [-0.2, 0) is 9.53 Å². The van der Waals surface area contributed by atoms with Crippen LogP contribution in [0.15, 0.2) is 36.5 Å². The van der Waals surface area contributed by atoms with E-state index >= 15 is 0 Å². The Balaban J connectivity index is 1.66. The third-order valence-corrected chi connectivity index (χ3v) is 4.79. The number of hydrogen-bond donors (Lipinski definition) is 1. The Morgan fingerprint density at radius 2 is 1.70 bits per heavy atom. The number of carbonyl (C=O) groups is 2. The van der Waals surface area contributed by atoms with Crippen LogP contribution in [0.3, 0.4) is 0 Å². The minimum absolute atomic E-state index is 0.266. The fourth-order valence-electron chi connectivity index (χ4n) is 3.38. The molecule has 2 aromatic heterocycles. The van der Waals surface area contributed by atoms with Gasteiger partial charge in [0, 0.05) is 17.6 Å². The number of esters is 1. The molecule has 0 fully saturated rings. The number of aryl methyl sites for hydroxylation is 5. The first-order valence-electron chi connectivity index (χ1n) is 9.75. The molecule has 0 radical (unpaired) electrons. The van der Waals surface area contributed by atoms with Crippen LogP contribution in [0.25, 0.3) is 5.82 Å². The Labute approximate surface area is 176 Å². The largest absolute Gasteiger partial charge is 0.449 e. The van der Waals surface area contributed by atoms with Crippen molar-refractivity contribution in [2.75, 3.05) is 5.32 Å². The normalized spacial score (nSPS) is 11.8. The van der Waals surface area contributed by atoms with Crippen molar-refractivity contribution >= 4 is 17.6 Å². The fourth-order valence-corrected chi connectivity index (χ4v) is 3.38. The van der Waals surface area contributed by atoms with Crippen LogP contribution in [0.1, 0.15) is 45.4 Å². The molecule has 1 unspecified atom stereocenters. The Kier molecular flexibility index (Phi) is 6.01. The molecular formula is C23H26N4O3. The first-order chi connectivity index (χ1) is 14.2. The van der Waals surface area contributed by atoms with Crippen LogP contribution in [0.5, 0.6) is 0 Å². The van der Waals surface area contributed by atoms with Crippen LogP contribution in [0.2, 0.25) is 0 Å². The Bertz CT molecular complexity index is 1080. The van der Waals surface area contributed by atoms with Crippen LogP contribution in [0.4, 0.5) is 5.69 Å². The molecule has 30 heavy (non-hydrogen) atoms. The van der Waals surface area contributed by atoms with E-state index < -0.39 is 12.1 Å². The topological polar surface area (TPSA) is 86.1 Å². The van der Waals surface area contributed by atoms with E-state index in [9.17, 15) is 9.59 Å². The SMILES string of the molecule is Cc1cc(C)c(NC(=O)C(C)OC(=O)c2ccc(-n3nc(C)cc3C)nc2)c(C)c1. The van der Waals surface area contributed by atoms with Gasteiger partial charge in [-0.1, -0.05) is 17.7 Å². The number of nitrogens with zero attached hydrogens (tertiary/aromatic N) is 3. The summed E-state index contributed by atoms with van der Waals surface area (Å²) in [7, 11) is 0. The van der Waals surface area contributed by atoms with Gasteiger partial charge in [-0.05, 0) is 70.9 Å². The molecule has 0 aliphatic carbocycles. The molecule has 0 aliphatic rings. The monoisotopic (exact) mass is 406 g/mol. The third kappa shape index (κ3) is 4.56. The van der Waals surface area contributed by atoms with Gasteiger partial charge in [0.05, 0.1) is 11.3 Å². The molecule has 7 nitrogen and oxygen atoms in total. The van der Waals surface area contributed by atoms with Crippen LogP contribution < -0.4 is 5.32 Å². The number of carbonyl (C=O) groups excluding carboxylic acids is 2. The summed E-state index contributed by atoms with van der Waals surface area (Å²) in [5, 5.41) is 7.23. The maximum absolute atomic E-state index is 12.5. The maximum Gasteiger partial charge on any atom is 0.340 e. The molecule has 1 aromatic carbocycles. The van der Waals surface area contributed by atoms with Crippen molar-refractivity contribution in [2.45, 2.75) is 47.6 Å². The minimum Gasteiger partial charge on any atom is -0.449 e. The highest BCUT2D eigenvalue weighted by molar-refractivity contribution is 5.98. The van der Waals surface area contributed by atoms with E-state index in [0.29, 0.717) is 5.82 Å². The molecule has 2 heterocycles. The van der Waals surface area contributed by atoms with E-state index in [1.807, 2.05) is 52.8 Å². The van der Waals surface area contributed by atoms with E-state index in [-0.39, 0.29) is 11.5 Å². The number of hydrogen-bond acceptors (Lipinski definition) is 5. The van der Waals surface area contributed by atoms with Crippen molar-refractivity contribution in [2.24, 2.45) is 0 Å². The van der Waals surface area contributed by atoms with E-state index in [4.69, 9.17) is 4.74 Å². The summed E-state index contributed by atoms with van der Waals surface area (Å²) in [6, 6.07) is 9.24. The van der Waals surface area contributed by atoms with Crippen molar-refractivity contribution < 1.29 is 14.3 Å². The molecule has 3 rings (SSSR count). The number of nitrogens with one attached hydrogen (secondary N) is 1. The second-order valence-corrected chi connectivity index (χ2v) is 7.55. The predicted octanol–water partition coefficient (Wildman–Crippen LogP) is 3.99. The second kappa shape index (κ2) is 8.49. The average Bonchev–Trinajstić information content (AvgIpc) is 3.02. The number of benzene rings is 1. The summed E-state index contributed by atoms with van der Waals surface area (Å²) < 4.78 is 7.04. The van der Waals surface area contributed by atoms with Crippen molar-refractivity contribution in [3.8, 4) is 5.82 Å².